The van der Waals surface area contributed by atoms with Gasteiger partial charge >= 0.3 is 6.36 Å². The van der Waals surface area contributed by atoms with Crippen molar-refractivity contribution in [2.75, 3.05) is 5.32 Å². The van der Waals surface area contributed by atoms with Gasteiger partial charge in [0.05, 0.1) is 0 Å². The van der Waals surface area contributed by atoms with Gasteiger partial charge in [-0.3, -0.25) is 0 Å². The van der Waals surface area contributed by atoms with Gasteiger partial charge in [-0.2, -0.15) is 14.6 Å². The molecular formula is C14H11F4N5O. The van der Waals surface area contributed by atoms with Gasteiger partial charge in [0.1, 0.15) is 12.1 Å². The van der Waals surface area contributed by atoms with Crippen molar-refractivity contribution in [2.24, 2.45) is 0 Å². The number of ether oxygens (including phenoxy) is 1. The number of hydrogen-bond acceptors (Lipinski definition) is 5. The number of alkyl halides is 3. The van der Waals surface area contributed by atoms with E-state index in [0.717, 1.165) is 12.1 Å². The first-order chi connectivity index (χ1) is 11.3. The smallest absolute Gasteiger partial charge is 0.403 e. The molecule has 3 rings (SSSR count). The number of hydrogen-bond donors (Lipinski definition) is 1. The van der Waals surface area contributed by atoms with Crippen molar-refractivity contribution in [3.8, 4) is 5.75 Å². The van der Waals surface area contributed by atoms with Gasteiger partial charge < -0.3 is 10.1 Å². The predicted octanol–water partition coefficient (Wildman–Crippen LogP) is 3.08. The second kappa shape index (κ2) is 5.95. The van der Waals surface area contributed by atoms with Gasteiger partial charge in [-0.05, 0) is 24.6 Å². The molecule has 0 aliphatic carbocycles. The molecule has 1 N–H and O–H groups in total. The molecule has 0 fully saturated rings. The van der Waals surface area contributed by atoms with Crippen LogP contribution in [0.3, 0.4) is 0 Å². The van der Waals surface area contributed by atoms with E-state index in [1.807, 2.05) is 0 Å². The summed E-state index contributed by atoms with van der Waals surface area (Å²) >= 11 is 0. The quantitative estimate of drug-likeness (QED) is 0.739. The van der Waals surface area contributed by atoms with Crippen molar-refractivity contribution >= 4 is 11.6 Å². The maximum atomic E-state index is 13.7. The number of aromatic nitrogens is 4. The van der Waals surface area contributed by atoms with E-state index in [-0.39, 0.29) is 6.54 Å². The van der Waals surface area contributed by atoms with Crippen molar-refractivity contribution < 1.29 is 22.3 Å². The van der Waals surface area contributed by atoms with Gasteiger partial charge in [-0.25, -0.2) is 9.37 Å². The van der Waals surface area contributed by atoms with Crippen LogP contribution in [0.2, 0.25) is 0 Å². The Morgan fingerprint density at radius 1 is 1.25 bits per heavy atom. The summed E-state index contributed by atoms with van der Waals surface area (Å²) < 4.78 is 55.1. The first kappa shape index (κ1) is 16.0. The predicted molar refractivity (Wildman–Crippen MR) is 75.9 cm³/mol. The Morgan fingerprint density at radius 2 is 2.04 bits per heavy atom. The van der Waals surface area contributed by atoms with Gasteiger partial charge in [-0.1, -0.05) is 6.07 Å². The molecule has 10 heteroatoms. The molecular weight excluding hydrogens is 330 g/mol. The second-order valence-corrected chi connectivity index (χ2v) is 4.92. The van der Waals surface area contributed by atoms with Crippen LogP contribution < -0.4 is 10.1 Å². The van der Waals surface area contributed by atoms with Gasteiger partial charge in [-0.15, -0.1) is 13.2 Å². The highest BCUT2D eigenvalue weighted by molar-refractivity contribution is 5.45. The number of benzene rings is 1. The number of aryl methyl sites for hydroxylation is 1. The minimum atomic E-state index is -4.94. The fraction of sp³-hybridized carbons (Fsp3) is 0.214. The molecule has 2 aromatic heterocycles. The molecule has 0 saturated carbocycles. The third-order valence-corrected chi connectivity index (χ3v) is 3.08. The van der Waals surface area contributed by atoms with Crippen molar-refractivity contribution in [1.29, 1.82) is 0 Å². The Balaban J connectivity index is 1.77. The molecule has 0 unspecified atom stereocenters. The molecule has 0 aliphatic heterocycles. The molecule has 0 amide bonds. The summed E-state index contributed by atoms with van der Waals surface area (Å²) in [5.74, 6) is -0.989. The van der Waals surface area contributed by atoms with Gasteiger partial charge in [0, 0.05) is 18.3 Å². The van der Waals surface area contributed by atoms with Gasteiger partial charge in [0.2, 0.25) is 0 Å². The number of rotatable bonds is 4. The van der Waals surface area contributed by atoms with E-state index in [9.17, 15) is 17.6 Å². The van der Waals surface area contributed by atoms with Crippen LogP contribution in [0.15, 0.2) is 30.6 Å². The van der Waals surface area contributed by atoms with E-state index in [0.29, 0.717) is 22.9 Å². The van der Waals surface area contributed by atoms with Crippen LogP contribution in [-0.2, 0) is 6.54 Å². The van der Waals surface area contributed by atoms with Gasteiger partial charge in [0.25, 0.3) is 5.78 Å². The van der Waals surface area contributed by atoms with E-state index in [2.05, 4.69) is 25.1 Å². The first-order valence-electron chi connectivity index (χ1n) is 6.77. The average molecular weight is 341 g/mol. The number of nitrogens with zero attached hydrogens (tertiary/aromatic N) is 4. The van der Waals surface area contributed by atoms with E-state index in [1.54, 1.807) is 13.0 Å². The molecule has 126 valence electrons. The van der Waals surface area contributed by atoms with Crippen molar-refractivity contribution in [3.63, 3.8) is 0 Å². The molecule has 0 atom stereocenters. The second-order valence-electron chi connectivity index (χ2n) is 4.92. The maximum absolute atomic E-state index is 13.7. The molecule has 1 aromatic carbocycles. The average Bonchev–Trinajstić information content (AvgIpc) is 2.94. The standard InChI is InChI=1S/C14H11F4N5O/c1-8-4-12(23-13(22-8)20-7-21-23)19-6-9-2-3-11(10(15)5-9)24-14(16,17)18/h2-5,7,19H,6H2,1H3. The molecule has 0 bridgehead atoms. The molecule has 0 aliphatic rings. The van der Waals surface area contributed by atoms with E-state index >= 15 is 0 Å². The SMILES string of the molecule is Cc1cc(NCc2ccc(OC(F)(F)F)c(F)c2)n2ncnc2n1. The third kappa shape index (κ3) is 3.53. The summed E-state index contributed by atoms with van der Waals surface area (Å²) in [7, 11) is 0. The van der Waals surface area contributed by atoms with Crippen LogP contribution in [0.1, 0.15) is 11.3 Å². The van der Waals surface area contributed by atoms with Crippen LogP contribution in [-0.4, -0.2) is 25.9 Å². The van der Waals surface area contributed by atoms with Crippen molar-refractivity contribution in [2.45, 2.75) is 19.8 Å². The van der Waals surface area contributed by atoms with Crippen LogP contribution in [0.25, 0.3) is 5.78 Å². The van der Waals surface area contributed by atoms with E-state index in [1.165, 1.54) is 16.9 Å². The van der Waals surface area contributed by atoms with Gasteiger partial charge in [0.15, 0.2) is 11.6 Å². The first-order valence-corrected chi connectivity index (χ1v) is 6.77. The number of anilines is 1. The normalized spacial score (nSPS) is 11.7. The summed E-state index contributed by atoms with van der Waals surface area (Å²) in [6, 6.07) is 4.96. The molecule has 0 radical (unpaired) electrons. The minimum Gasteiger partial charge on any atom is -0.403 e. The highest BCUT2D eigenvalue weighted by Crippen LogP contribution is 2.26. The fourth-order valence-electron chi connectivity index (χ4n) is 2.11. The summed E-state index contributed by atoms with van der Waals surface area (Å²) in [6.45, 7) is 1.95. The Bertz CT molecular complexity index is 877. The van der Waals surface area contributed by atoms with E-state index in [4.69, 9.17) is 0 Å². The molecule has 2 heterocycles. The van der Waals surface area contributed by atoms with Crippen LogP contribution in [0.4, 0.5) is 23.4 Å². The highest BCUT2D eigenvalue weighted by atomic mass is 19.4. The Labute approximate surface area is 133 Å². The summed E-state index contributed by atoms with van der Waals surface area (Å²) in [5.41, 5.74) is 1.14. The zero-order valence-corrected chi connectivity index (χ0v) is 12.3. The molecule has 0 spiro atoms. The number of fused-ring (bicyclic) bond motifs is 1. The maximum Gasteiger partial charge on any atom is 0.573 e. The molecule has 24 heavy (non-hydrogen) atoms. The molecule has 6 nitrogen and oxygen atoms in total. The lowest BCUT2D eigenvalue weighted by molar-refractivity contribution is -0.275. The Morgan fingerprint density at radius 3 is 2.75 bits per heavy atom. The summed E-state index contributed by atoms with van der Waals surface area (Å²) in [6.07, 6.45) is -3.59. The van der Waals surface area contributed by atoms with Crippen LogP contribution in [0.5, 0.6) is 5.75 Å². The van der Waals surface area contributed by atoms with Crippen LogP contribution in [0, 0.1) is 12.7 Å². The number of nitrogens with one attached hydrogen (secondary N) is 1. The minimum absolute atomic E-state index is 0.168. The van der Waals surface area contributed by atoms with Crippen LogP contribution >= 0.6 is 0 Å². The Hall–Kier alpha value is -2.91. The summed E-state index contributed by atoms with van der Waals surface area (Å²) in [4.78, 5) is 8.15. The topological polar surface area (TPSA) is 64.3 Å². The van der Waals surface area contributed by atoms with Crippen molar-refractivity contribution in [3.05, 3.63) is 47.7 Å². The largest absolute Gasteiger partial charge is 0.573 e. The lowest BCUT2D eigenvalue weighted by Gasteiger charge is -2.12. The monoisotopic (exact) mass is 341 g/mol. The lowest BCUT2D eigenvalue weighted by atomic mass is 10.2. The zero-order chi connectivity index (χ0) is 17.3. The third-order valence-electron chi connectivity index (χ3n) is 3.08. The summed E-state index contributed by atoms with van der Waals surface area (Å²) in [5, 5.41) is 7.02. The molecule has 0 saturated heterocycles. The zero-order valence-electron chi connectivity index (χ0n) is 12.3. The van der Waals surface area contributed by atoms with E-state index < -0.39 is 17.9 Å². The number of halogens is 4. The van der Waals surface area contributed by atoms with Crippen molar-refractivity contribution in [1.82, 2.24) is 19.6 Å². The Kier molecular flexibility index (Phi) is 3.96. The highest BCUT2D eigenvalue weighted by Gasteiger charge is 2.32. The lowest BCUT2D eigenvalue weighted by Crippen LogP contribution is -2.18. The molecule has 3 aromatic rings. The fourth-order valence-corrected chi connectivity index (χ4v) is 2.11.